The Hall–Kier alpha value is -0.830. The Morgan fingerprint density at radius 3 is 2.91 bits per heavy atom. The molecule has 1 aliphatic carbocycles. The Bertz CT molecular complexity index is 221. The van der Waals surface area contributed by atoms with Gasteiger partial charge in [-0.15, -0.1) is 0 Å². The van der Waals surface area contributed by atoms with E-state index < -0.39 is 6.10 Å². The zero-order valence-electron chi connectivity index (χ0n) is 6.12. The maximum absolute atomic E-state index is 10.9. The summed E-state index contributed by atoms with van der Waals surface area (Å²) in [4.78, 5) is 10.9. The summed E-state index contributed by atoms with van der Waals surface area (Å²) < 4.78 is 4.97. The molecule has 2 rings (SSSR count). The van der Waals surface area contributed by atoms with Crippen molar-refractivity contribution in [2.45, 2.75) is 25.0 Å². The lowest BCUT2D eigenvalue weighted by Crippen LogP contribution is -2.18. The summed E-state index contributed by atoms with van der Waals surface area (Å²) in [6.07, 6.45) is 0.988. The van der Waals surface area contributed by atoms with Gasteiger partial charge in [0.25, 0.3) is 0 Å². The van der Waals surface area contributed by atoms with Crippen LogP contribution in [0.5, 0.6) is 0 Å². The van der Waals surface area contributed by atoms with Crippen LogP contribution in [-0.2, 0) is 9.53 Å². The number of esters is 1. The standard InChI is InChI=1S/C8H10O3/c1-4-7-5(9)2-3-6(7)11-8(4)10/h5-7,9H,1-3H2/t5-,6+,7-/m1/s1. The Morgan fingerprint density at radius 2 is 2.27 bits per heavy atom. The Labute approximate surface area is 64.7 Å². The number of hydrogen-bond acceptors (Lipinski definition) is 3. The van der Waals surface area contributed by atoms with Gasteiger partial charge in [0.2, 0.25) is 0 Å². The fourth-order valence-corrected chi connectivity index (χ4v) is 1.88. The maximum Gasteiger partial charge on any atom is 0.334 e. The van der Waals surface area contributed by atoms with E-state index in [1.54, 1.807) is 0 Å². The van der Waals surface area contributed by atoms with Gasteiger partial charge in [0.1, 0.15) is 6.10 Å². The van der Waals surface area contributed by atoms with Crippen molar-refractivity contribution >= 4 is 5.97 Å². The van der Waals surface area contributed by atoms with Gasteiger partial charge >= 0.3 is 5.97 Å². The molecule has 60 valence electrons. The van der Waals surface area contributed by atoms with Gasteiger partial charge in [-0.25, -0.2) is 4.79 Å². The summed E-state index contributed by atoms with van der Waals surface area (Å²) in [5.41, 5.74) is 0.444. The van der Waals surface area contributed by atoms with Crippen LogP contribution in [0.4, 0.5) is 0 Å². The smallest absolute Gasteiger partial charge is 0.334 e. The molecule has 0 aromatic carbocycles. The number of aliphatic hydroxyl groups excluding tert-OH is 1. The Kier molecular flexibility index (Phi) is 1.29. The SMILES string of the molecule is C=C1C(=O)O[C@H]2CC[C@@H](O)[C@@H]12. The van der Waals surface area contributed by atoms with E-state index >= 15 is 0 Å². The molecular formula is C8H10O3. The van der Waals surface area contributed by atoms with Crippen molar-refractivity contribution < 1.29 is 14.6 Å². The van der Waals surface area contributed by atoms with Gasteiger partial charge in [-0.1, -0.05) is 6.58 Å². The van der Waals surface area contributed by atoms with Crippen LogP contribution in [0.3, 0.4) is 0 Å². The normalized spacial score (nSPS) is 42.5. The van der Waals surface area contributed by atoms with Crippen LogP contribution in [0.1, 0.15) is 12.8 Å². The van der Waals surface area contributed by atoms with E-state index in [0.29, 0.717) is 5.57 Å². The Balaban J connectivity index is 2.26. The lowest BCUT2D eigenvalue weighted by atomic mass is 9.98. The van der Waals surface area contributed by atoms with Crippen molar-refractivity contribution in [3.8, 4) is 0 Å². The number of fused-ring (bicyclic) bond motifs is 1. The van der Waals surface area contributed by atoms with Gasteiger partial charge in [0, 0.05) is 5.57 Å². The zero-order chi connectivity index (χ0) is 8.01. The molecule has 0 spiro atoms. The van der Waals surface area contributed by atoms with Gasteiger partial charge in [-0.2, -0.15) is 0 Å². The molecule has 0 aromatic heterocycles. The van der Waals surface area contributed by atoms with Gasteiger partial charge in [-0.3, -0.25) is 0 Å². The minimum Gasteiger partial charge on any atom is -0.458 e. The van der Waals surface area contributed by atoms with Crippen molar-refractivity contribution in [1.82, 2.24) is 0 Å². The lowest BCUT2D eigenvalue weighted by molar-refractivity contribution is -0.138. The molecule has 0 unspecified atom stereocenters. The molecule has 0 radical (unpaired) electrons. The van der Waals surface area contributed by atoms with E-state index in [-0.39, 0.29) is 18.0 Å². The highest BCUT2D eigenvalue weighted by Crippen LogP contribution is 2.39. The third kappa shape index (κ3) is 0.807. The molecular weight excluding hydrogens is 144 g/mol. The van der Waals surface area contributed by atoms with Gasteiger partial charge < -0.3 is 9.84 Å². The van der Waals surface area contributed by atoms with Crippen LogP contribution in [0, 0.1) is 5.92 Å². The van der Waals surface area contributed by atoms with E-state index in [9.17, 15) is 9.90 Å². The highest BCUT2D eigenvalue weighted by atomic mass is 16.6. The monoisotopic (exact) mass is 154 g/mol. The quantitative estimate of drug-likeness (QED) is 0.401. The molecule has 3 atom stereocenters. The molecule has 1 aliphatic heterocycles. The number of hydrogen-bond donors (Lipinski definition) is 1. The highest BCUT2D eigenvalue weighted by Gasteiger charge is 2.46. The molecule has 1 N–H and O–H groups in total. The number of carbonyl (C=O) groups excluding carboxylic acids is 1. The topological polar surface area (TPSA) is 46.5 Å². The van der Waals surface area contributed by atoms with Crippen molar-refractivity contribution in [2.75, 3.05) is 0 Å². The molecule has 1 heterocycles. The van der Waals surface area contributed by atoms with Crippen LogP contribution >= 0.6 is 0 Å². The Morgan fingerprint density at radius 1 is 1.55 bits per heavy atom. The minimum absolute atomic E-state index is 0.0926. The first-order valence-electron chi connectivity index (χ1n) is 3.78. The largest absolute Gasteiger partial charge is 0.458 e. The van der Waals surface area contributed by atoms with Crippen LogP contribution in [0.15, 0.2) is 12.2 Å². The van der Waals surface area contributed by atoms with Crippen LogP contribution in [0.25, 0.3) is 0 Å². The molecule has 3 nitrogen and oxygen atoms in total. The van der Waals surface area contributed by atoms with Crippen LogP contribution in [-0.4, -0.2) is 23.3 Å². The predicted molar refractivity (Wildman–Crippen MR) is 37.8 cm³/mol. The summed E-state index contributed by atoms with van der Waals surface area (Å²) in [7, 11) is 0. The van der Waals surface area contributed by atoms with Crippen molar-refractivity contribution in [3.63, 3.8) is 0 Å². The molecule has 3 heteroatoms. The van der Waals surface area contributed by atoms with Crippen LogP contribution in [0.2, 0.25) is 0 Å². The molecule has 2 fully saturated rings. The zero-order valence-corrected chi connectivity index (χ0v) is 6.12. The lowest BCUT2D eigenvalue weighted by Gasteiger charge is -2.09. The summed E-state index contributed by atoms with van der Waals surface area (Å²) in [5.74, 6) is -0.457. The number of aliphatic hydroxyl groups is 1. The van der Waals surface area contributed by atoms with Crippen molar-refractivity contribution in [2.24, 2.45) is 5.92 Å². The molecule has 1 saturated carbocycles. The molecule has 1 saturated heterocycles. The van der Waals surface area contributed by atoms with E-state index in [2.05, 4.69) is 6.58 Å². The van der Waals surface area contributed by atoms with Crippen molar-refractivity contribution in [3.05, 3.63) is 12.2 Å². The average molecular weight is 154 g/mol. The number of carbonyl (C=O) groups is 1. The fraction of sp³-hybridized carbons (Fsp3) is 0.625. The second-order valence-corrected chi connectivity index (χ2v) is 3.14. The first-order valence-corrected chi connectivity index (χ1v) is 3.78. The second kappa shape index (κ2) is 2.08. The fourth-order valence-electron chi connectivity index (χ4n) is 1.88. The van der Waals surface area contributed by atoms with Gasteiger partial charge in [-0.05, 0) is 12.8 Å². The summed E-state index contributed by atoms with van der Waals surface area (Å²) in [5, 5.41) is 9.39. The molecule has 0 bridgehead atoms. The van der Waals surface area contributed by atoms with E-state index in [1.807, 2.05) is 0 Å². The van der Waals surface area contributed by atoms with Gasteiger partial charge in [0.15, 0.2) is 0 Å². The second-order valence-electron chi connectivity index (χ2n) is 3.14. The van der Waals surface area contributed by atoms with E-state index in [4.69, 9.17) is 4.74 Å². The maximum atomic E-state index is 10.9. The first-order chi connectivity index (χ1) is 5.20. The minimum atomic E-state index is -0.418. The molecule has 0 amide bonds. The molecule has 11 heavy (non-hydrogen) atoms. The number of ether oxygens (including phenoxy) is 1. The average Bonchev–Trinajstić information content (AvgIpc) is 2.41. The molecule has 2 aliphatic rings. The van der Waals surface area contributed by atoms with Gasteiger partial charge in [0.05, 0.1) is 12.0 Å². The first kappa shape index (κ1) is 6.85. The van der Waals surface area contributed by atoms with Crippen LogP contribution < -0.4 is 0 Å². The predicted octanol–water partition coefficient (Wildman–Crippen LogP) is 0.239. The third-order valence-corrected chi connectivity index (χ3v) is 2.48. The summed E-state index contributed by atoms with van der Waals surface area (Å²) >= 11 is 0. The number of rotatable bonds is 0. The third-order valence-electron chi connectivity index (χ3n) is 2.48. The highest BCUT2D eigenvalue weighted by molar-refractivity contribution is 5.91. The summed E-state index contributed by atoms with van der Waals surface area (Å²) in [6.45, 7) is 3.59. The van der Waals surface area contributed by atoms with E-state index in [0.717, 1.165) is 12.8 Å². The van der Waals surface area contributed by atoms with E-state index in [1.165, 1.54) is 0 Å². The summed E-state index contributed by atoms with van der Waals surface area (Å²) in [6, 6.07) is 0. The molecule has 0 aromatic rings. The van der Waals surface area contributed by atoms with Crippen molar-refractivity contribution in [1.29, 1.82) is 0 Å².